The molecule has 1 heterocycles. The van der Waals surface area contributed by atoms with E-state index in [9.17, 15) is 19.2 Å². The summed E-state index contributed by atoms with van der Waals surface area (Å²) in [7, 11) is 1.53. The molecular formula is C20H20N4O5. The molecule has 0 spiro atoms. The normalized spacial score (nSPS) is 18.3. The van der Waals surface area contributed by atoms with Crippen LogP contribution in [-0.2, 0) is 15.1 Å². The number of hydrogen-bond acceptors (Lipinski definition) is 5. The summed E-state index contributed by atoms with van der Waals surface area (Å²) in [6.07, 6.45) is 0. The standard InChI is InChI=1S/C20H20N4O5/c1-20(13-5-9-15(29-2)10-6-13)18(27)24(19(28)23-20)11-16(25)22-14-7-3-12(4-8-14)17(21)26/h3-10H,11H2,1-2H3,(H2,21,26)(H,22,25)(H,23,28). The van der Waals surface area contributed by atoms with E-state index in [-0.39, 0.29) is 0 Å². The van der Waals surface area contributed by atoms with Crippen LogP contribution in [0.4, 0.5) is 10.5 Å². The monoisotopic (exact) mass is 396 g/mol. The van der Waals surface area contributed by atoms with Gasteiger partial charge in [-0.25, -0.2) is 4.79 Å². The van der Waals surface area contributed by atoms with E-state index in [0.29, 0.717) is 22.6 Å². The number of imide groups is 1. The number of amides is 5. The van der Waals surface area contributed by atoms with Gasteiger partial charge in [-0.2, -0.15) is 0 Å². The summed E-state index contributed by atoms with van der Waals surface area (Å²) >= 11 is 0. The number of carbonyl (C=O) groups excluding carboxylic acids is 4. The summed E-state index contributed by atoms with van der Waals surface area (Å²) in [4.78, 5) is 49.5. The second-order valence-electron chi connectivity index (χ2n) is 6.66. The minimum atomic E-state index is -1.28. The summed E-state index contributed by atoms with van der Waals surface area (Å²) < 4.78 is 5.10. The Labute approximate surface area is 166 Å². The lowest BCUT2D eigenvalue weighted by Crippen LogP contribution is -2.42. The average Bonchev–Trinajstić information content (AvgIpc) is 2.92. The molecular weight excluding hydrogens is 376 g/mol. The Morgan fingerprint density at radius 1 is 1.10 bits per heavy atom. The fraction of sp³-hybridized carbons (Fsp3) is 0.200. The first-order valence-electron chi connectivity index (χ1n) is 8.73. The lowest BCUT2D eigenvalue weighted by Gasteiger charge is -2.22. The van der Waals surface area contributed by atoms with Crippen molar-refractivity contribution in [2.75, 3.05) is 19.0 Å². The molecule has 1 aliphatic heterocycles. The van der Waals surface area contributed by atoms with E-state index in [4.69, 9.17) is 10.5 Å². The Balaban J connectivity index is 1.70. The van der Waals surface area contributed by atoms with Gasteiger partial charge in [-0.05, 0) is 48.9 Å². The number of anilines is 1. The Kier molecular flexibility index (Phi) is 5.22. The predicted octanol–water partition coefficient (Wildman–Crippen LogP) is 1.20. The van der Waals surface area contributed by atoms with Crippen LogP contribution >= 0.6 is 0 Å². The number of nitrogens with one attached hydrogen (secondary N) is 2. The molecule has 150 valence electrons. The van der Waals surface area contributed by atoms with E-state index in [0.717, 1.165) is 4.90 Å². The van der Waals surface area contributed by atoms with Crippen molar-refractivity contribution < 1.29 is 23.9 Å². The van der Waals surface area contributed by atoms with Gasteiger partial charge in [0.1, 0.15) is 17.8 Å². The van der Waals surface area contributed by atoms with Crippen LogP contribution in [-0.4, -0.2) is 42.3 Å². The van der Waals surface area contributed by atoms with Crippen molar-refractivity contribution in [1.82, 2.24) is 10.2 Å². The molecule has 9 heteroatoms. The van der Waals surface area contributed by atoms with Gasteiger partial charge in [0.05, 0.1) is 7.11 Å². The minimum absolute atomic E-state index is 0.298. The van der Waals surface area contributed by atoms with Gasteiger partial charge in [-0.3, -0.25) is 19.3 Å². The molecule has 29 heavy (non-hydrogen) atoms. The highest BCUT2D eigenvalue weighted by Gasteiger charge is 2.49. The quantitative estimate of drug-likeness (QED) is 0.632. The molecule has 0 radical (unpaired) electrons. The number of nitrogens with two attached hydrogens (primary N) is 1. The van der Waals surface area contributed by atoms with Gasteiger partial charge >= 0.3 is 6.03 Å². The third-order valence-corrected chi connectivity index (χ3v) is 4.70. The minimum Gasteiger partial charge on any atom is -0.497 e. The molecule has 4 N–H and O–H groups in total. The van der Waals surface area contributed by atoms with Crippen molar-refractivity contribution in [2.24, 2.45) is 5.73 Å². The van der Waals surface area contributed by atoms with Crippen LogP contribution in [0.5, 0.6) is 5.75 Å². The molecule has 1 saturated heterocycles. The van der Waals surface area contributed by atoms with Crippen LogP contribution in [0, 0.1) is 0 Å². The van der Waals surface area contributed by atoms with Crippen LogP contribution in [0.25, 0.3) is 0 Å². The smallest absolute Gasteiger partial charge is 0.325 e. The molecule has 0 saturated carbocycles. The Morgan fingerprint density at radius 2 is 1.72 bits per heavy atom. The van der Waals surface area contributed by atoms with Crippen molar-refractivity contribution in [1.29, 1.82) is 0 Å². The summed E-state index contributed by atoms with van der Waals surface area (Å²) in [5.74, 6) is -1.06. The number of benzene rings is 2. The first-order valence-corrected chi connectivity index (χ1v) is 8.73. The number of nitrogens with zero attached hydrogens (tertiary/aromatic N) is 1. The Hall–Kier alpha value is -3.88. The maximum absolute atomic E-state index is 12.9. The summed E-state index contributed by atoms with van der Waals surface area (Å²) in [6.45, 7) is 1.13. The molecule has 1 fully saturated rings. The van der Waals surface area contributed by atoms with E-state index >= 15 is 0 Å². The zero-order valence-corrected chi connectivity index (χ0v) is 15.9. The maximum atomic E-state index is 12.9. The van der Waals surface area contributed by atoms with Gasteiger partial charge in [0.15, 0.2) is 0 Å². The van der Waals surface area contributed by atoms with Gasteiger partial charge < -0.3 is 21.1 Å². The number of methoxy groups -OCH3 is 1. The van der Waals surface area contributed by atoms with Crippen molar-refractivity contribution in [3.63, 3.8) is 0 Å². The number of urea groups is 1. The van der Waals surface area contributed by atoms with Gasteiger partial charge in [-0.1, -0.05) is 12.1 Å². The van der Waals surface area contributed by atoms with Crippen molar-refractivity contribution in [2.45, 2.75) is 12.5 Å². The van der Waals surface area contributed by atoms with Crippen molar-refractivity contribution >= 4 is 29.4 Å². The van der Waals surface area contributed by atoms with Crippen molar-refractivity contribution in [3.05, 3.63) is 59.7 Å². The Morgan fingerprint density at radius 3 is 2.28 bits per heavy atom. The number of carbonyl (C=O) groups is 4. The number of hydrogen-bond donors (Lipinski definition) is 3. The van der Waals surface area contributed by atoms with Crippen molar-refractivity contribution in [3.8, 4) is 5.75 Å². The van der Waals surface area contributed by atoms with Gasteiger partial charge in [0.2, 0.25) is 11.8 Å². The molecule has 0 aromatic heterocycles. The van der Waals surface area contributed by atoms with E-state index in [1.54, 1.807) is 31.2 Å². The fourth-order valence-corrected chi connectivity index (χ4v) is 3.02. The molecule has 0 aliphatic carbocycles. The summed E-state index contributed by atoms with van der Waals surface area (Å²) in [5, 5.41) is 5.22. The van der Waals surface area contributed by atoms with Crippen LogP contribution in [0.1, 0.15) is 22.8 Å². The molecule has 2 aromatic carbocycles. The molecule has 5 amide bonds. The zero-order chi connectivity index (χ0) is 21.2. The summed E-state index contributed by atoms with van der Waals surface area (Å²) in [5.41, 5.74) is 5.16. The average molecular weight is 396 g/mol. The fourth-order valence-electron chi connectivity index (χ4n) is 3.02. The molecule has 0 bridgehead atoms. The first-order chi connectivity index (χ1) is 13.7. The predicted molar refractivity (Wildman–Crippen MR) is 104 cm³/mol. The second-order valence-corrected chi connectivity index (χ2v) is 6.66. The molecule has 1 atom stereocenters. The van der Waals surface area contributed by atoms with E-state index in [1.807, 2.05) is 0 Å². The van der Waals surface area contributed by atoms with Gasteiger partial charge in [0.25, 0.3) is 5.91 Å². The highest BCUT2D eigenvalue weighted by Crippen LogP contribution is 2.30. The topological polar surface area (TPSA) is 131 Å². The third kappa shape index (κ3) is 3.88. The molecule has 1 aliphatic rings. The maximum Gasteiger partial charge on any atom is 0.325 e. The lowest BCUT2D eigenvalue weighted by molar-refractivity contribution is -0.133. The number of primary amides is 1. The second kappa shape index (κ2) is 7.63. The molecule has 3 rings (SSSR count). The first kappa shape index (κ1) is 19.9. The van der Waals surface area contributed by atoms with Gasteiger partial charge in [-0.15, -0.1) is 0 Å². The summed E-state index contributed by atoms with van der Waals surface area (Å²) in [6, 6.07) is 12.0. The molecule has 1 unspecified atom stereocenters. The van der Waals surface area contributed by atoms with E-state index < -0.39 is 35.8 Å². The molecule has 9 nitrogen and oxygen atoms in total. The highest BCUT2D eigenvalue weighted by atomic mass is 16.5. The van der Waals surface area contributed by atoms with Crippen LogP contribution in [0.15, 0.2) is 48.5 Å². The lowest BCUT2D eigenvalue weighted by atomic mass is 9.92. The highest BCUT2D eigenvalue weighted by molar-refractivity contribution is 6.10. The SMILES string of the molecule is COc1ccc(C2(C)NC(=O)N(CC(=O)Nc3ccc(C(N)=O)cc3)C2=O)cc1. The van der Waals surface area contributed by atoms with Gasteiger partial charge in [0, 0.05) is 11.3 Å². The molecule has 2 aromatic rings. The van der Waals surface area contributed by atoms with E-state index in [2.05, 4.69) is 10.6 Å². The van der Waals surface area contributed by atoms with Crippen LogP contribution < -0.4 is 21.1 Å². The zero-order valence-electron chi connectivity index (χ0n) is 15.9. The van der Waals surface area contributed by atoms with Crippen LogP contribution in [0.3, 0.4) is 0 Å². The third-order valence-electron chi connectivity index (χ3n) is 4.70. The largest absolute Gasteiger partial charge is 0.497 e. The Bertz CT molecular complexity index is 971. The number of ether oxygens (including phenoxy) is 1. The number of rotatable bonds is 6. The van der Waals surface area contributed by atoms with Crippen LogP contribution in [0.2, 0.25) is 0 Å². The van der Waals surface area contributed by atoms with E-state index in [1.165, 1.54) is 31.4 Å².